The molecule has 3 rings (SSSR count). The van der Waals surface area contributed by atoms with E-state index in [9.17, 15) is 9.18 Å². The second kappa shape index (κ2) is 6.44. The van der Waals surface area contributed by atoms with Gasteiger partial charge < -0.3 is 10.4 Å². The summed E-state index contributed by atoms with van der Waals surface area (Å²) in [7, 11) is 0. The Balaban J connectivity index is 1.79. The molecule has 1 amide bonds. The fraction of sp³-hybridized carbons (Fsp3) is 0.143. The number of nitrogens with one attached hydrogen (secondary N) is 1. The van der Waals surface area contributed by atoms with Crippen molar-refractivity contribution in [3.63, 3.8) is 0 Å². The Labute approximate surface area is 129 Å². The minimum atomic E-state index is -0.598. The second-order valence-corrected chi connectivity index (χ2v) is 5.60. The first-order chi connectivity index (χ1) is 10.7. The zero-order chi connectivity index (χ0) is 15.4. The van der Waals surface area contributed by atoms with Crippen LogP contribution in [0.5, 0.6) is 0 Å². The maximum atomic E-state index is 12.9. The predicted molar refractivity (Wildman–Crippen MR) is 78.9 cm³/mol. The summed E-state index contributed by atoms with van der Waals surface area (Å²) < 4.78 is 12.9. The van der Waals surface area contributed by atoms with Gasteiger partial charge in [-0.2, -0.15) is 5.21 Å². The van der Waals surface area contributed by atoms with Crippen LogP contribution in [0.2, 0.25) is 0 Å². The molecule has 0 spiro atoms. The van der Waals surface area contributed by atoms with Gasteiger partial charge >= 0.3 is 0 Å². The summed E-state index contributed by atoms with van der Waals surface area (Å²) in [5.74, 6) is -0.970. The fourth-order valence-electron chi connectivity index (χ4n) is 1.98. The number of amides is 1. The number of hydrogen-bond acceptors (Lipinski definition) is 5. The van der Waals surface area contributed by atoms with Crippen LogP contribution >= 0.6 is 11.3 Å². The van der Waals surface area contributed by atoms with Crippen LogP contribution < -0.4 is 10.4 Å². The maximum absolute atomic E-state index is 12.9. The molecular formula is C14H11FN5OS-. The molecular weight excluding hydrogens is 305 g/mol. The van der Waals surface area contributed by atoms with Crippen LogP contribution in [0.4, 0.5) is 10.1 Å². The lowest BCUT2D eigenvalue weighted by Crippen LogP contribution is -2.24. The van der Waals surface area contributed by atoms with E-state index in [0.29, 0.717) is 12.1 Å². The second-order valence-electron chi connectivity index (χ2n) is 4.57. The molecule has 0 aliphatic heterocycles. The molecule has 0 radical (unpaired) electrons. The molecule has 112 valence electrons. The number of benzene rings is 1. The van der Waals surface area contributed by atoms with E-state index in [-0.39, 0.29) is 17.5 Å². The van der Waals surface area contributed by atoms with Gasteiger partial charge in [-0.15, -0.1) is 11.3 Å². The molecule has 0 bridgehead atoms. The van der Waals surface area contributed by atoms with E-state index in [4.69, 9.17) is 0 Å². The Morgan fingerprint density at radius 2 is 2.14 bits per heavy atom. The van der Waals surface area contributed by atoms with Gasteiger partial charge in [-0.05, 0) is 42.1 Å². The van der Waals surface area contributed by atoms with Crippen molar-refractivity contribution >= 4 is 22.9 Å². The summed E-state index contributed by atoms with van der Waals surface area (Å²) in [5.41, 5.74) is 0.509. The maximum Gasteiger partial charge on any atom is 0.232 e. The van der Waals surface area contributed by atoms with Crippen molar-refractivity contribution in [2.24, 2.45) is 0 Å². The lowest BCUT2D eigenvalue weighted by molar-refractivity contribution is -0.117. The Kier molecular flexibility index (Phi) is 4.19. The van der Waals surface area contributed by atoms with E-state index < -0.39 is 5.92 Å². The molecule has 2 aromatic heterocycles. The number of thiophene rings is 1. The highest BCUT2D eigenvalue weighted by Crippen LogP contribution is 2.22. The van der Waals surface area contributed by atoms with Gasteiger partial charge in [0.2, 0.25) is 5.91 Å². The summed E-state index contributed by atoms with van der Waals surface area (Å²) in [6.45, 7) is 0. The Morgan fingerprint density at radius 1 is 1.32 bits per heavy atom. The highest BCUT2D eigenvalue weighted by Gasteiger charge is 2.21. The number of nitrogens with zero attached hydrogens (tertiary/aromatic N) is 4. The number of aromatic nitrogens is 4. The molecule has 0 unspecified atom stereocenters. The largest absolute Gasteiger partial charge is 0.335 e. The van der Waals surface area contributed by atoms with E-state index in [1.54, 1.807) is 11.3 Å². The Morgan fingerprint density at radius 3 is 2.77 bits per heavy atom. The zero-order valence-corrected chi connectivity index (χ0v) is 12.1. The molecule has 1 atom stereocenters. The third-order valence-electron chi connectivity index (χ3n) is 3.06. The van der Waals surface area contributed by atoms with Crippen molar-refractivity contribution < 1.29 is 9.18 Å². The van der Waals surface area contributed by atoms with E-state index in [1.807, 2.05) is 17.5 Å². The monoisotopic (exact) mass is 316 g/mol. The standard InChI is InChI=1S/C14H12FN5OS/c15-9-3-5-10(6-4-9)16-14(21)12(13-17-19-20-18-13)8-11-2-1-7-22-11/h1-7,12H,8H2,(H2,16,17,18,19,20,21)/p-1/t12-/m0/s1. The zero-order valence-electron chi connectivity index (χ0n) is 11.3. The van der Waals surface area contributed by atoms with Crippen LogP contribution in [0.15, 0.2) is 41.8 Å². The molecule has 3 aromatic rings. The average molecular weight is 316 g/mol. The normalized spacial score (nSPS) is 12.0. The van der Waals surface area contributed by atoms with E-state index in [0.717, 1.165) is 4.88 Å². The quantitative estimate of drug-likeness (QED) is 0.778. The summed E-state index contributed by atoms with van der Waals surface area (Å²) in [6.07, 6.45) is 0.456. The molecule has 0 aliphatic carbocycles. The summed E-state index contributed by atoms with van der Waals surface area (Å²) in [5, 5.41) is 19.1. The van der Waals surface area contributed by atoms with Crippen molar-refractivity contribution in [1.82, 2.24) is 20.6 Å². The topological polar surface area (TPSA) is 81.9 Å². The number of anilines is 1. The minimum absolute atomic E-state index is 0.271. The molecule has 0 saturated heterocycles. The first-order valence-electron chi connectivity index (χ1n) is 6.50. The summed E-state index contributed by atoms with van der Waals surface area (Å²) in [6, 6.07) is 9.41. The molecule has 1 N–H and O–H groups in total. The molecule has 0 fully saturated rings. The lowest BCUT2D eigenvalue weighted by atomic mass is 10.0. The number of halogens is 1. The van der Waals surface area contributed by atoms with Gasteiger partial charge in [0.15, 0.2) is 0 Å². The van der Waals surface area contributed by atoms with Gasteiger partial charge in [-0.3, -0.25) is 15.1 Å². The predicted octanol–water partition coefficient (Wildman–Crippen LogP) is 1.99. The van der Waals surface area contributed by atoms with Gasteiger partial charge in [0.05, 0.1) is 5.92 Å². The molecule has 0 aliphatic rings. The summed E-state index contributed by atoms with van der Waals surface area (Å²) >= 11 is 1.55. The highest BCUT2D eigenvalue weighted by molar-refractivity contribution is 7.09. The molecule has 6 nitrogen and oxygen atoms in total. The van der Waals surface area contributed by atoms with Crippen LogP contribution in [-0.4, -0.2) is 21.4 Å². The van der Waals surface area contributed by atoms with Crippen molar-refractivity contribution in [3.8, 4) is 0 Å². The summed E-state index contributed by atoms with van der Waals surface area (Å²) in [4.78, 5) is 13.5. The molecule has 22 heavy (non-hydrogen) atoms. The van der Waals surface area contributed by atoms with Gasteiger partial charge in [-0.25, -0.2) is 4.39 Å². The van der Waals surface area contributed by atoms with Crippen LogP contribution in [-0.2, 0) is 11.2 Å². The molecule has 8 heteroatoms. The molecule has 1 aromatic carbocycles. The van der Waals surface area contributed by atoms with Crippen LogP contribution in [0.25, 0.3) is 0 Å². The lowest BCUT2D eigenvalue weighted by Gasteiger charge is -2.16. The number of carbonyl (C=O) groups is 1. The van der Waals surface area contributed by atoms with E-state index in [2.05, 4.69) is 25.9 Å². The molecule has 0 saturated carbocycles. The first-order valence-corrected chi connectivity index (χ1v) is 7.38. The first kappa shape index (κ1) is 14.3. The number of carbonyl (C=O) groups excluding carboxylic acids is 1. The Hall–Kier alpha value is -2.61. The third-order valence-corrected chi connectivity index (χ3v) is 3.96. The third kappa shape index (κ3) is 3.34. The SMILES string of the molecule is O=C(Nc1ccc(F)cc1)[C@@H](Cc1cccs1)c1nnn[n-]1. The van der Waals surface area contributed by atoms with E-state index >= 15 is 0 Å². The van der Waals surface area contributed by atoms with Gasteiger partial charge in [0, 0.05) is 16.4 Å². The van der Waals surface area contributed by atoms with Gasteiger partial charge in [-0.1, -0.05) is 6.07 Å². The van der Waals surface area contributed by atoms with Gasteiger partial charge in [0.1, 0.15) is 5.82 Å². The molecule has 2 heterocycles. The van der Waals surface area contributed by atoms with Crippen molar-refractivity contribution in [2.45, 2.75) is 12.3 Å². The van der Waals surface area contributed by atoms with Crippen LogP contribution in [0, 0.1) is 5.82 Å². The van der Waals surface area contributed by atoms with E-state index in [1.165, 1.54) is 24.3 Å². The number of tetrazole rings is 1. The smallest absolute Gasteiger partial charge is 0.232 e. The van der Waals surface area contributed by atoms with Crippen molar-refractivity contribution in [3.05, 3.63) is 58.3 Å². The van der Waals surface area contributed by atoms with Crippen molar-refractivity contribution in [2.75, 3.05) is 5.32 Å². The minimum Gasteiger partial charge on any atom is -0.335 e. The fourth-order valence-corrected chi connectivity index (χ4v) is 2.74. The number of rotatable bonds is 5. The van der Waals surface area contributed by atoms with Crippen LogP contribution in [0.3, 0.4) is 0 Å². The number of hydrogen-bond donors (Lipinski definition) is 1. The van der Waals surface area contributed by atoms with Crippen molar-refractivity contribution in [1.29, 1.82) is 0 Å². The Bertz CT molecular complexity index is 727. The van der Waals surface area contributed by atoms with Crippen LogP contribution in [0.1, 0.15) is 16.6 Å². The highest BCUT2D eigenvalue weighted by atomic mass is 32.1. The average Bonchev–Trinajstić information content (AvgIpc) is 3.20. The van der Waals surface area contributed by atoms with Gasteiger partial charge in [0.25, 0.3) is 0 Å².